The van der Waals surface area contributed by atoms with Crippen LogP contribution in [0.3, 0.4) is 0 Å². The van der Waals surface area contributed by atoms with Gasteiger partial charge in [0, 0.05) is 28.2 Å². The molecule has 8 heteroatoms. The van der Waals surface area contributed by atoms with Gasteiger partial charge in [-0.15, -0.1) is 0 Å². The summed E-state index contributed by atoms with van der Waals surface area (Å²) in [5.41, 5.74) is 11.1. The van der Waals surface area contributed by atoms with Gasteiger partial charge in [0.25, 0.3) is 11.8 Å². The molecule has 0 radical (unpaired) electrons. The SMILES string of the molecule is CCCc1ccc(C(=O)Nc2ccc(C)c(C(=O)Nc3cnc(Nc4cccc(N)c4)nc3)c2)cc1. The van der Waals surface area contributed by atoms with Gasteiger partial charge in [-0.1, -0.05) is 37.6 Å². The molecule has 1 aromatic heterocycles. The van der Waals surface area contributed by atoms with Crippen LogP contribution in [0.4, 0.5) is 28.7 Å². The Morgan fingerprint density at radius 3 is 2.25 bits per heavy atom. The number of nitrogens with one attached hydrogen (secondary N) is 3. The summed E-state index contributed by atoms with van der Waals surface area (Å²) in [5.74, 6) is -0.181. The zero-order valence-electron chi connectivity index (χ0n) is 20.2. The predicted octanol–water partition coefficient (Wildman–Crippen LogP) is 5.57. The minimum atomic E-state index is -0.326. The molecule has 1 heterocycles. The molecule has 0 spiro atoms. The number of nitrogens with two attached hydrogens (primary N) is 1. The Balaban J connectivity index is 1.41. The van der Waals surface area contributed by atoms with E-state index in [4.69, 9.17) is 5.73 Å². The molecule has 36 heavy (non-hydrogen) atoms. The Labute approximate surface area is 210 Å². The predicted molar refractivity (Wildman–Crippen MR) is 144 cm³/mol. The monoisotopic (exact) mass is 480 g/mol. The average molecular weight is 481 g/mol. The molecule has 0 fully saturated rings. The van der Waals surface area contributed by atoms with Gasteiger partial charge >= 0.3 is 0 Å². The number of nitrogens with zero attached hydrogens (tertiary/aromatic N) is 2. The van der Waals surface area contributed by atoms with Gasteiger partial charge in [0.15, 0.2) is 0 Å². The lowest BCUT2D eigenvalue weighted by molar-refractivity contribution is 0.101. The fourth-order valence-electron chi connectivity index (χ4n) is 3.66. The fraction of sp³-hybridized carbons (Fsp3) is 0.143. The van der Waals surface area contributed by atoms with E-state index in [1.807, 2.05) is 43.3 Å². The van der Waals surface area contributed by atoms with Crippen molar-refractivity contribution < 1.29 is 9.59 Å². The molecule has 182 valence electrons. The molecule has 4 aromatic rings. The minimum Gasteiger partial charge on any atom is -0.399 e. The van der Waals surface area contributed by atoms with Gasteiger partial charge in [-0.05, 0) is 66.9 Å². The summed E-state index contributed by atoms with van der Waals surface area (Å²) >= 11 is 0. The number of rotatable bonds is 8. The average Bonchev–Trinajstić information content (AvgIpc) is 2.87. The minimum absolute atomic E-state index is 0.232. The normalized spacial score (nSPS) is 10.5. The molecule has 0 atom stereocenters. The molecule has 0 aliphatic carbocycles. The van der Waals surface area contributed by atoms with E-state index < -0.39 is 0 Å². The maximum absolute atomic E-state index is 12.9. The highest BCUT2D eigenvalue weighted by Crippen LogP contribution is 2.20. The van der Waals surface area contributed by atoms with Crippen molar-refractivity contribution in [3.8, 4) is 0 Å². The number of aromatic nitrogens is 2. The molecule has 5 N–H and O–H groups in total. The number of nitrogen functional groups attached to an aromatic ring is 1. The molecule has 0 saturated heterocycles. The topological polar surface area (TPSA) is 122 Å². The van der Waals surface area contributed by atoms with E-state index in [2.05, 4.69) is 32.8 Å². The third kappa shape index (κ3) is 6.24. The molecule has 4 rings (SSSR count). The van der Waals surface area contributed by atoms with E-state index in [-0.39, 0.29) is 11.8 Å². The van der Waals surface area contributed by atoms with Crippen molar-refractivity contribution in [2.45, 2.75) is 26.7 Å². The van der Waals surface area contributed by atoms with Crippen LogP contribution in [-0.2, 0) is 6.42 Å². The highest BCUT2D eigenvalue weighted by Gasteiger charge is 2.13. The Hall–Kier alpha value is -4.72. The van der Waals surface area contributed by atoms with Crippen molar-refractivity contribution in [3.05, 3.63) is 101 Å². The van der Waals surface area contributed by atoms with Crippen LogP contribution in [0.25, 0.3) is 0 Å². The van der Waals surface area contributed by atoms with Crippen LogP contribution in [0.5, 0.6) is 0 Å². The second kappa shape index (κ2) is 11.1. The lowest BCUT2D eigenvalue weighted by Gasteiger charge is -2.11. The van der Waals surface area contributed by atoms with Crippen molar-refractivity contribution in [2.24, 2.45) is 0 Å². The van der Waals surface area contributed by atoms with Crippen LogP contribution in [-0.4, -0.2) is 21.8 Å². The maximum atomic E-state index is 12.9. The van der Waals surface area contributed by atoms with Crippen LogP contribution < -0.4 is 21.7 Å². The van der Waals surface area contributed by atoms with E-state index in [0.29, 0.717) is 34.1 Å². The molecule has 3 aromatic carbocycles. The fourth-order valence-corrected chi connectivity index (χ4v) is 3.66. The Bertz CT molecular complexity index is 1370. The number of aryl methyl sites for hydroxylation is 2. The lowest BCUT2D eigenvalue weighted by atomic mass is 10.1. The number of hydrogen-bond donors (Lipinski definition) is 4. The second-order valence-corrected chi connectivity index (χ2v) is 8.43. The van der Waals surface area contributed by atoms with Crippen molar-refractivity contribution in [1.82, 2.24) is 9.97 Å². The Kier molecular flexibility index (Phi) is 7.55. The molecule has 0 unspecified atom stereocenters. The largest absolute Gasteiger partial charge is 0.399 e. The van der Waals surface area contributed by atoms with Gasteiger partial charge in [0.1, 0.15) is 0 Å². The van der Waals surface area contributed by atoms with Crippen molar-refractivity contribution in [3.63, 3.8) is 0 Å². The summed E-state index contributed by atoms with van der Waals surface area (Å²) in [5, 5.41) is 8.73. The van der Waals surface area contributed by atoms with Crippen LogP contribution in [0, 0.1) is 6.92 Å². The molecular formula is C28H28N6O2. The van der Waals surface area contributed by atoms with Crippen molar-refractivity contribution in [2.75, 3.05) is 21.7 Å². The zero-order valence-corrected chi connectivity index (χ0v) is 20.2. The smallest absolute Gasteiger partial charge is 0.256 e. The van der Waals surface area contributed by atoms with E-state index in [1.54, 1.807) is 30.3 Å². The Morgan fingerprint density at radius 1 is 0.833 bits per heavy atom. The van der Waals surface area contributed by atoms with Gasteiger partial charge in [0.05, 0.1) is 18.1 Å². The zero-order chi connectivity index (χ0) is 25.5. The van der Waals surface area contributed by atoms with Crippen LogP contribution >= 0.6 is 0 Å². The van der Waals surface area contributed by atoms with E-state index in [1.165, 1.54) is 18.0 Å². The Morgan fingerprint density at radius 2 is 1.56 bits per heavy atom. The van der Waals surface area contributed by atoms with Crippen LogP contribution in [0.1, 0.15) is 45.2 Å². The summed E-state index contributed by atoms with van der Waals surface area (Å²) < 4.78 is 0. The first-order valence-corrected chi connectivity index (χ1v) is 11.7. The molecule has 0 aliphatic rings. The maximum Gasteiger partial charge on any atom is 0.256 e. The van der Waals surface area contributed by atoms with Crippen LogP contribution in [0.2, 0.25) is 0 Å². The summed E-state index contributed by atoms with van der Waals surface area (Å²) in [6.45, 7) is 3.95. The van der Waals surface area contributed by atoms with Gasteiger partial charge in [-0.2, -0.15) is 0 Å². The third-order valence-corrected chi connectivity index (χ3v) is 5.55. The first kappa shape index (κ1) is 24.4. The van der Waals surface area contributed by atoms with E-state index in [9.17, 15) is 9.59 Å². The number of carbonyl (C=O) groups excluding carboxylic acids is 2. The van der Waals surface area contributed by atoms with E-state index >= 15 is 0 Å². The standard InChI is InChI=1S/C28H28N6O2/c1-3-5-19-9-11-20(12-10-19)26(35)32-23-13-8-18(2)25(15-23)27(36)33-24-16-30-28(31-17-24)34-22-7-4-6-21(29)14-22/h4,6-17H,3,5,29H2,1-2H3,(H,32,35)(H,33,36)(H,30,31,34). The number of carbonyl (C=O) groups is 2. The van der Waals surface area contributed by atoms with Gasteiger partial charge in [-0.3, -0.25) is 9.59 Å². The summed E-state index contributed by atoms with van der Waals surface area (Å²) in [4.78, 5) is 34.1. The van der Waals surface area contributed by atoms with E-state index in [0.717, 1.165) is 24.1 Å². The molecule has 8 nitrogen and oxygen atoms in total. The number of amides is 2. The van der Waals surface area contributed by atoms with Crippen LogP contribution in [0.15, 0.2) is 79.1 Å². The quantitative estimate of drug-likeness (QED) is 0.245. The summed E-state index contributed by atoms with van der Waals surface area (Å²) in [7, 11) is 0. The van der Waals surface area contributed by atoms with Gasteiger partial charge in [-0.25, -0.2) is 9.97 Å². The second-order valence-electron chi connectivity index (χ2n) is 8.43. The molecular weight excluding hydrogens is 452 g/mol. The van der Waals surface area contributed by atoms with Crippen molar-refractivity contribution >= 4 is 40.5 Å². The lowest BCUT2D eigenvalue weighted by Crippen LogP contribution is -2.16. The first-order chi connectivity index (χ1) is 17.4. The molecule has 0 saturated carbocycles. The van der Waals surface area contributed by atoms with Gasteiger partial charge in [0.2, 0.25) is 5.95 Å². The van der Waals surface area contributed by atoms with Gasteiger partial charge < -0.3 is 21.7 Å². The number of benzene rings is 3. The number of anilines is 5. The molecule has 0 aliphatic heterocycles. The number of hydrogen-bond acceptors (Lipinski definition) is 6. The highest BCUT2D eigenvalue weighted by atomic mass is 16.2. The van der Waals surface area contributed by atoms with Crippen molar-refractivity contribution in [1.29, 1.82) is 0 Å². The highest BCUT2D eigenvalue weighted by molar-refractivity contribution is 6.08. The molecule has 0 bridgehead atoms. The first-order valence-electron chi connectivity index (χ1n) is 11.7. The summed E-state index contributed by atoms with van der Waals surface area (Å²) in [6, 6.07) is 20.0. The molecule has 2 amide bonds. The third-order valence-electron chi connectivity index (χ3n) is 5.55. The summed E-state index contributed by atoms with van der Waals surface area (Å²) in [6.07, 6.45) is 5.06.